The van der Waals surface area contributed by atoms with Gasteiger partial charge in [-0.15, -0.1) is 5.10 Å². The van der Waals surface area contributed by atoms with Crippen molar-refractivity contribution >= 4 is 29.3 Å². The van der Waals surface area contributed by atoms with Crippen LogP contribution in [-0.4, -0.2) is 26.4 Å². The van der Waals surface area contributed by atoms with Gasteiger partial charge in [-0.3, -0.25) is 4.79 Å². The number of rotatable bonds is 9. The molecule has 0 spiro atoms. The summed E-state index contributed by atoms with van der Waals surface area (Å²) in [6.07, 6.45) is 1.02. The predicted octanol–water partition coefficient (Wildman–Crippen LogP) is 7.89. The number of aryl methyl sites for hydroxylation is 1. The summed E-state index contributed by atoms with van der Waals surface area (Å²) in [5.41, 5.74) is 6.62. The van der Waals surface area contributed by atoms with E-state index in [1.165, 1.54) is 5.56 Å². The molecule has 0 saturated heterocycles. The van der Waals surface area contributed by atoms with E-state index >= 15 is 0 Å². The number of carbonyl (C=O) groups is 1. The lowest BCUT2D eigenvalue weighted by Gasteiger charge is -2.28. The number of aromatic nitrogens is 3. The molecule has 1 aliphatic rings. The molecule has 7 nitrogen and oxygen atoms in total. The highest BCUT2D eigenvalue weighted by Gasteiger charge is 2.34. The van der Waals surface area contributed by atoms with Gasteiger partial charge in [0.25, 0.3) is 5.91 Å². The van der Waals surface area contributed by atoms with Crippen molar-refractivity contribution in [3.63, 3.8) is 0 Å². The van der Waals surface area contributed by atoms with Crippen molar-refractivity contribution in [3.05, 3.63) is 106 Å². The van der Waals surface area contributed by atoms with E-state index in [0.717, 1.165) is 46.0 Å². The third-order valence-electron chi connectivity index (χ3n) is 7.21. The highest BCUT2D eigenvalue weighted by Crippen LogP contribution is 2.37. The van der Waals surface area contributed by atoms with Crippen LogP contribution in [0, 0.1) is 6.92 Å². The van der Waals surface area contributed by atoms with E-state index in [2.05, 4.69) is 62.6 Å². The number of carbonyl (C=O) groups excluding carboxylic acids is 1. The molecular weight excluding hydrogens is 542 g/mol. The Morgan fingerprint density at radius 3 is 2.45 bits per heavy atom. The number of amides is 1. The van der Waals surface area contributed by atoms with Crippen LogP contribution in [0.25, 0.3) is 0 Å². The molecule has 0 bridgehead atoms. The first-order valence-electron chi connectivity index (χ1n) is 14.4. The van der Waals surface area contributed by atoms with Crippen LogP contribution in [0.4, 0.5) is 11.6 Å². The number of ether oxygens (including phenoxy) is 1. The lowest BCUT2D eigenvalue weighted by molar-refractivity contribution is -0.113. The molecule has 0 radical (unpaired) electrons. The maximum atomic E-state index is 13.8. The number of thioether (sulfide) groups is 1. The molecule has 4 aromatic rings. The van der Waals surface area contributed by atoms with E-state index in [1.807, 2.05) is 67.1 Å². The zero-order valence-electron chi connectivity index (χ0n) is 25.2. The molecule has 1 atom stereocenters. The number of anilines is 2. The van der Waals surface area contributed by atoms with Crippen molar-refractivity contribution < 1.29 is 9.53 Å². The van der Waals surface area contributed by atoms with Gasteiger partial charge in [-0.25, -0.2) is 4.68 Å². The SMILES string of the molecule is CCCSc1nc2n(n1)C(c1ccc(OCc3ccc(C(C)(C)C)cc3)cc1)C(C(=O)Nc1cccc(C)c1)=C(C)N2. The van der Waals surface area contributed by atoms with Crippen LogP contribution in [0.15, 0.2) is 89.2 Å². The molecule has 8 heteroatoms. The van der Waals surface area contributed by atoms with Gasteiger partial charge >= 0.3 is 0 Å². The van der Waals surface area contributed by atoms with Gasteiger partial charge in [0.1, 0.15) is 18.4 Å². The smallest absolute Gasteiger partial charge is 0.255 e. The van der Waals surface area contributed by atoms with Crippen molar-refractivity contribution in [1.82, 2.24) is 14.8 Å². The first-order chi connectivity index (χ1) is 20.1. The van der Waals surface area contributed by atoms with Crippen molar-refractivity contribution in [1.29, 1.82) is 0 Å². The zero-order chi connectivity index (χ0) is 29.9. The molecule has 218 valence electrons. The highest BCUT2D eigenvalue weighted by molar-refractivity contribution is 7.99. The molecule has 1 aliphatic heterocycles. The quantitative estimate of drug-likeness (QED) is 0.196. The van der Waals surface area contributed by atoms with Crippen molar-refractivity contribution in [2.45, 2.75) is 71.2 Å². The van der Waals surface area contributed by atoms with Crippen LogP contribution in [0.5, 0.6) is 5.75 Å². The van der Waals surface area contributed by atoms with E-state index in [4.69, 9.17) is 14.8 Å². The summed E-state index contributed by atoms with van der Waals surface area (Å²) >= 11 is 1.61. The summed E-state index contributed by atoms with van der Waals surface area (Å²) in [6.45, 7) is 13.2. The number of nitrogens with one attached hydrogen (secondary N) is 2. The van der Waals surface area contributed by atoms with Crippen LogP contribution >= 0.6 is 11.8 Å². The van der Waals surface area contributed by atoms with Gasteiger partial charge in [0.05, 0.1) is 5.57 Å². The van der Waals surface area contributed by atoms with Crippen molar-refractivity contribution in [2.24, 2.45) is 0 Å². The van der Waals surface area contributed by atoms with Gasteiger partial charge in [-0.05, 0) is 72.2 Å². The Hall–Kier alpha value is -4.04. The largest absolute Gasteiger partial charge is 0.489 e. The lowest BCUT2D eigenvalue weighted by Crippen LogP contribution is -2.31. The average Bonchev–Trinajstić information content (AvgIpc) is 3.36. The van der Waals surface area contributed by atoms with Gasteiger partial charge in [0.15, 0.2) is 0 Å². The average molecular weight is 582 g/mol. The van der Waals surface area contributed by atoms with Gasteiger partial charge < -0.3 is 15.4 Å². The van der Waals surface area contributed by atoms with Crippen LogP contribution < -0.4 is 15.4 Å². The van der Waals surface area contributed by atoms with Crippen LogP contribution in [0.2, 0.25) is 0 Å². The molecule has 5 rings (SSSR count). The van der Waals surface area contributed by atoms with Crippen LogP contribution in [-0.2, 0) is 16.8 Å². The topological polar surface area (TPSA) is 81.1 Å². The van der Waals surface area contributed by atoms with Gasteiger partial charge in [-0.2, -0.15) is 4.98 Å². The summed E-state index contributed by atoms with van der Waals surface area (Å²) in [4.78, 5) is 18.5. The maximum Gasteiger partial charge on any atom is 0.255 e. The van der Waals surface area contributed by atoms with E-state index in [0.29, 0.717) is 23.3 Å². The summed E-state index contributed by atoms with van der Waals surface area (Å²) in [5, 5.41) is 11.9. The molecule has 0 fully saturated rings. The molecule has 0 saturated carbocycles. The first kappa shape index (κ1) is 29.5. The maximum absolute atomic E-state index is 13.8. The Kier molecular flexibility index (Phi) is 8.73. The monoisotopic (exact) mass is 581 g/mol. The normalized spacial score (nSPS) is 14.8. The van der Waals surface area contributed by atoms with E-state index < -0.39 is 6.04 Å². The predicted molar refractivity (Wildman–Crippen MR) is 171 cm³/mol. The molecule has 1 amide bonds. The minimum atomic E-state index is -0.450. The number of fused-ring (bicyclic) bond motifs is 1. The summed E-state index contributed by atoms with van der Waals surface area (Å²) in [7, 11) is 0. The van der Waals surface area contributed by atoms with Gasteiger partial charge in [-0.1, -0.05) is 88.0 Å². The fraction of sp³-hybridized carbons (Fsp3) is 0.324. The van der Waals surface area contributed by atoms with E-state index in [9.17, 15) is 4.79 Å². The highest BCUT2D eigenvalue weighted by atomic mass is 32.2. The second kappa shape index (κ2) is 12.4. The Bertz CT molecular complexity index is 1580. The standard InChI is InChI=1S/C34H39N5O2S/c1-7-19-42-33-37-32-35-23(3)29(31(40)36-27-10-8-9-22(2)20-27)30(39(32)38-33)25-13-17-28(18-14-25)41-21-24-11-15-26(16-12-24)34(4,5)6/h8-18,20,30H,7,19,21H2,1-6H3,(H,36,40)(H,35,37,38). The number of benzene rings is 3. The molecule has 2 heterocycles. The van der Waals surface area contributed by atoms with Crippen LogP contribution in [0.3, 0.4) is 0 Å². The molecule has 1 aromatic heterocycles. The Labute approximate surface area is 252 Å². The summed E-state index contributed by atoms with van der Waals surface area (Å²) < 4.78 is 7.94. The Morgan fingerprint density at radius 2 is 1.79 bits per heavy atom. The van der Waals surface area contributed by atoms with Crippen molar-refractivity contribution in [3.8, 4) is 5.75 Å². The molecular formula is C34H39N5O2S. The minimum absolute atomic E-state index is 0.117. The molecule has 42 heavy (non-hydrogen) atoms. The van der Waals surface area contributed by atoms with E-state index in [1.54, 1.807) is 11.8 Å². The third-order valence-corrected chi connectivity index (χ3v) is 8.25. The third kappa shape index (κ3) is 6.71. The fourth-order valence-electron chi connectivity index (χ4n) is 4.92. The molecule has 1 unspecified atom stereocenters. The number of nitrogens with zero attached hydrogens (tertiary/aromatic N) is 3. The number of hydrogen-bond donors (Lipinski definition) is 2. The molecule has 2 N–H and O–H groups in total. The molecule has 0 aliphatic carbocycles. The lowest BCUT2D eigenvalue weighted by atomic mass is 9.87. The number of allylic oxidation sites excluding steroid dienone is 1. The minimum Gasteiger partial charge on any atom is -0.489 e. The second-order valence-corrected chi connectivity index (χ2v) is 12.8. The van der Waals surface area contributed by atoms with E-state index in [-0.39, 0.29) is 11.3 Å². The van der Waals surface area contributed by atoms with Gasteiger partial charge in [0, 0.05) is 17.1 Å². The zero-order valence-corrected chi connectivity index (χ0v) is 26.0. The van der Waals surface area contributed by atoms with Gasteiger partial charge in [0.2, 0.25) is 11.1 Å². The summed E-state index contributed by atoms with van der Waals surface area (Å²) in [5.74, 6) is 2.13. The van der Waals surface area contributed by atoms with Crippen LogP contribution in [0.1, 0.15) is 69.3 Å². The fourth-order valence-corrected chi connectivity index (χ4v) is 5.61. The Morgan fingerprint density at radius 1 is 1.05 bits per heavy atom. The number of hydrogen-bond acceptors (Lipinski definition) is 6. The van der Waals surface area contributed by atoms with Crippen molar-refractivity contribution in [2.75, 3.05) is 16.4 Å². The first-order valence-corrected chi connectivity index (χ1v) is 15.4. The second-order valence-electron chi connectivity index (χ2n) is 11.7. The Balaban J connectivity index is 1.40. The molecule has 3 aromatic carbocycles. The summed E-state index contributed by atoms with van der Waals surface area (Å²) in [6, 6.07) is 23.8.